The zero-order valence-electron chi connectivity index (χ0n) is 22.3. The van der Waals surface area contributed by atoms with Gasteiger partial charge in [-0.05, 0) is 46.6 Å². The fraction of sp³-hybridized carbons (Fsp3) is 0.464. The van der Waals surface area contributed by atoms with Crippen LogP contribution in [0.25, 0.3) is 11.3 Å². The number of hydrogen-bond acceptors (Lipinski definition) is 5. The fourth-order valence-corrected chi connectivity index (χ4v) is 7.91. The summed E-state index contributed by atoms with van der Waals surface area (Å²) in [5, 5.41) is 3.89. The second kappa shape index (κ2) is 11.2. The van der Waals surface area contributed by atoms with Gasteiger partial charge in [-0.15, -0.1) is 11.3 Å². The molecule has 2 aromatic carbocycles. The fourth-order valence-electron chi connectivity index (χ4n) is 4.63. The van der Waals surface area contributed by atoms with Gasteiger partial charge in [0.05, 0.1) is 20.6 Å². The Morgan fingerprint density at radius 1 is 0.838 bits per heavy atom. The maximum atomic E-state index is 14.1. The van der Waals surface area contributed by atoms with Crippen LogP contribution < -0.4 is 4.90 Å². The molecule has 1 aliphatic heterocycles. The highest BCUT2D eigenvalue weighted by Gasteiger charge is 2.34. The van der Waals surface area contributed by atoms with E-state index in [1.54, 1.807) is 21.7 Å². The normalized spacial score (nSPS) is 15.4. The predicted molar refractivity (Wildman–Crippen MR) is 157 cm³/mol. The SMILES string of the molecule is CC(C)c1cc(C(C)C)c(S(=O)(=O)N2CCN(c3nc(-c4ccc(Cl)c(Cl)c4)cs3)CC2)c(C(C)C)c1. The predicted octanol–water partition coefficient (Wildman–Crippen LogP) is 8.00. The van der Waals surface area contributed by atoms with Crippen molar-refractivity contribution in [2.45, 2.75) is 64.2 Å². The minimum absolute atomic E-state index is 0.109. The van der Waals surface area contributed by atoms with Crippen LogP contribution in [-0.2, 0) is 10.0 Å². The number of thiazole rings is 1. The number of anilines is 1. The molecule has 5 nitrogen and oxygen atoms in total. The Labute approximate surface area is 235 Å². The second-order valence-corrected chi connectivity index (χ2v) is 14.1. The average Bonchev–Trinajstić information content (AvgIpc) is 3.35. The van der Waals surface area contributed by atoms with E-state index in [-0.39, 0.29) is 11.8 Å². The Kier molecular flexibility index (Phi) is 8.61. The van der Waals surface area contributed by atoms with Crippen molar-refractivity contribution in [3.05, 3.63) is 62.4 Å². The standard InChI is InChI=1S/C28H35Cl2N3O2S2/c1-17(2)21-13-22(18(3)4)27(23(14-21)19(5)6)37(34,35)33-11-9-32(10-12-33)28-31-26(16-36-28)20-7-8-24(29)25(30)15-20/h7-8,13-19H,9-12H2,1-6H3. The van der Waals surface area contributed by atoms with Crippen LogP contribution >= 0.6 is 34.5 Å². The molecule has 0 saturated carbocycles. The molecule has 200 valence electrons. The van der Waals surface area contributed by atoms with Gasteiger partial charge in [0.1, 0.15) is 0 Å². The first-order chi connectivity index (χ1) is 17.4. The van der Waals surface area contributed by atoms with Crippen molar-refractivity contribution >= 4 is 49.7 Å². The molecule has 0 N–H and O–H groups in total. The molecule has 0 unspecified atom stereocenters. The minimum atomic E-state index is -3.65. The van der Waals surface area contributed by atoms with E-state index in [1.165, 1.54) is 5.56 Å². The molecule has 4 rings (SSSR count). The third-order valence-corrected chi connectivity index (χ3v) is 10.6. The molecule has 0 radical (unpaired) electrons. The van der Waals surface area contributed by atoms with Crippen molar-refractivity contribution in [1.29, 1.82) is 0 Å². The van der Waals surface area contributed by atoms with Gasteiger partial charge in [0, 0.05) is 37.1 Å². The van der Waals surface area contributed by atoms with Crippen LogP contribution in [0.15, 0.2) is 40.6 Å². The van der Waals surface area contributed by atoms with Gasteiger partial charge in [-0.2, -0.15) is 4.31 Å². The molecule has 1 fully saturated rings. The molecule has 0 bridgehead atoms. The number of rotatable bonds is 7. The van der Waals surface area contributed by atoms with E-state index in [1.807, 2.05) is 17.5 Å². The summed E-state index contributed by atoms with van der Waals surface area (Å²) in [6.45, 7) is 14.6. The van der Waals surface area contributed by atoms with E-state index in [0.717, 1.165) is 27.5 Å². The summed E-state index contributed by atoms with van der Waals surface area (Å²) in [6.07, 6.45) is 0. The lowest BCUT2D eigenvalue weighted by Crippen LogP contribution is -2.49. The molecule has 3 aromatic rings. The number of halogens is 2. The molecule has 0 amide bonds. The van der Waals surface area contributed by atoms with Gasteiger partial charge in [-0.25, -0.2) is 13.4 Å². The number of piperazine rings is 1. The van der Waals surface area contributed by atoms with E-state index in [0.29, 0.717) is 47.0 Å². The molecule has 0 atom stereocenters. The highest BCUT2D eigenvalue weighted by atomic mass is 35.5. The first kappa shape index (κ1) is 28.4. The zero-order valence-corrected chi connectivity index (χ0v) is 25.4. The van der Waals surface area contributed by atoms with Gasteiger partial charge in [0.2, 0.25) is 10.0 Å². The summed E-state index contributed by atoms with van der Waals surface area (Å²) < 4.78 is 29.8. The Balaban J connectivity index is 1.58. The highest BCUT2D eigenvalue weighted by Crippen LogP contribution is 2.37. The molecule has 9 heteroatoms. The minimum Gasteiger partial charge on any atom is -0.345 e. The van der Waals surface area contributed by atoms with Gasteiger partial charge in [-0.3, -0.25) is 0 Å². The molecule has 1 aliphatic rings. The first-order valence-electron chi connectivity index (χ1n) is 12.7. The average molecular weight is 581 g/mol. The van der Waals surface area contributed by atoms with Crippen LogP contribution in [0.1, 0.15) is 76.0 Å². The smallest absolute Gasteiger partial charge is 0.243 e. The third-order valence-electron chi connectivity index (χ3n) is 6.89. The first-order valence-corrected chi connectivity index (χ1v) is 15.8. The number of benzene rings is 2. The van der Waals surface area contributed by atoms with E-state index >= 15 is 0 Å². The lowest BCUT2D eigenvalue weighted by atomic mass is 9.89. The molecule has 37 heavy (non-hydrogen) atoms. The van der Waals surface area contributed by atoms with Crippen LogP contribution in [-0.4, -0.2) is 43.9 Å². The van der Waals surface area contributed by atoms with Crippen molar-refractivity contribution in [2.75, 3.05) is 31.1 Å². The molecule has 0 aliphatic carbocycles. The topological polar surface area (TPSA) is 53.5 Å². The van der Waals surface area contributed by atoms with Crippen molar-refractivity contribution in [3.63, 3.8) is 0 Å². The molecule has 0 spiro atoms. The number of sulfonamides is 1. The van der Waals surface area contributed by atoms with Crippen molar-refractivity contribution < 1.29 is 8.42 Å². The Morgan fingerprint density at radius 3 is 1.95 bits per heavy atom. The van der Waals surface area contributed by atoms with E-state index in [2.05, 4.69) is 58.6 Å². The Bertz CT molecular complexity index is 1350. The lowest BCUT2D eigenvalue weighted by molar-refractivity contribution is 0.383. The highest BCUT2D eigenvalue weighted by molar-refractivity contribution is 7.89. The summed E-state index contributed by atoms with van der Waals surface area (Å²) in [4.78, 5) is 7.46. The van der Waals surface area contributed by atoms with Gasteiger partial charge < -0.3 is 4.90 Å². The number of aromatic nitrogens is 1. The van der Waals surface area contributed by atoms with Crippen molar-refractivity contribution in [2.24, 2.45) is 0 Å². The lowest BCUT2D eigenvalue weighted by Gasteiger charge is -2.35. The van der Waals surface area contributed by atoms with E-state index < -0.39 is 10.0 Å². The molecular formula is C28H35Cl2N3O2S2. The van der Waals surface area contributed by atoms with Crippen LogP contribution in [0, 0.1) is 0 Å². The van der Waals surface area contributed by atoms with Gasteiger partial charge >= 0.3 is 0 Å². The molecule has 2 heterocycles. The summed E-state index contributed by atoms with van der Waals surface area (Å²) >= 11 is 13.8. The Morgan fingerprint density at radius 2 is 1.43 bits per heavy atom. The van der Waals surface area contributed by atoms with Crippen LogP contribution in [0.3, 0.4) is 0 Å². The summed E-state index contributed by atoms with van der Waals surface area (Å²) in [7, 11) is -3.65. The van der Waals surface area contributed by atoms with Crippen LogP contribution in [0.5, 0.6) is 0 Å². The van der Waals surface area contributed by atoms with Gasteiger partial charge in [-0.1, -0.05) is 82.9 Å². The maximum Gasteiger partial charge on any atom is 0.243 e. The third kappa shape index (κ3) is 5.86. The quantitative estimate of drug-likeness (QED) is 0.284. The summed E-state index contributed by atoms with van der Waals surface area (Å²) in [6, 6.07) is 9.69. The van der Waals surface area contributed by atoms with Crippen LogP contribution in [0.2, 0.25) is 10.0 Å². The summed E-state index contributed by atoms with van der Waals surface area (Å²) in [5.41, 5.74) is 4.78. The zero-order chi connectivity index (χ0) is 27.1. The van der Waals surface area contributed by atoms with E-state index in [4.69, 9.17) is 28.2 Å². The number of hydrogen-bond donors (Lipinski definition) is 0. The number of nitrogens with zero attached hydrogens (tertiary/aromatic N) is 3. The van der Waals surface area contributed by atoms with Crippen molar-refractivity contribution in [3.8, 4) is 11.3 Å². The largest absolute Gasteiger partial charge is 0.345 e. The molecular weight excluding hydrogens is 545 g/mol. The summed E-state index contributed by atoms with van der Waals surface area (Å²) in [5.74, 6) is 0.553. The van der Waals surface area contributed by atoms with Gasteiger partial charge in [0.15, 0.2) is 5.13 Å². The van der Waals surface area contributed by atoms with Gasteiger partial charge in [0.25, 0.3) is 0 Å². The maximum absolute atomic E-state index is 14.1. The monoisotopic (exact) mass is 579 g/mol. The molecule has 1 saturated heterocycles. The second-order valence-electron chi connectivity index (χ2n) is 10.5. The Hall–Kier alpha value is -1.64. The van der Waals surface area contributed by atoms with Crippen LogP contribution in [0.4, 0.5) is 5.13 Å². The van der Waals surface area contributed by atoms with E-state index in [9.17, 15) is 8.42 Å². The molecule has 1 aromatic heterocycles. The van der Waals surface area contributed by atoms with Crippen molar-refractivity contribution in [1.82, 2.24) is 9.29 Å².